The van der Waals surface area contributed by atoms with Gasteiger partial charge < -0.3 is 10.0 Å². The summed E-state index contributed by atoms with van der Waals surface area (Å²) in [6.45, 7) is 2.80. The van der Waals surface area contributed by atoms with E-state index in [-0.39, 0.29) is 17.3 Å². The molecule has 0 aliphatic carbocycles. The Balaban J connectivity index is 3.16. The highest BCUT2D eigenvalue weighted by molar-refractivity contribution is 5.99. The van der Waals surface area contributed by atoms with Crippen LogP contribution in [-0.2, 0) is 4.79 Å². The van der Waals surface area contributed by atoms with Gasteiger partial charge in [-0.05, 0) is 19.9 Å². The number of carboxylic acids is 1. The van der Waals surface area contributed by atoms with E-state index in [1.807, 2.05) is 0 Å². The fraction of sp³-hybridized carbons (Fsp3) is 0.333. The molecule has 0 aliphatic heterocycles. The summed E-state index contributed by atoms with van der Waals surface area (Å²) in [5.74, 6) is -1.83. The fourth-order valence-electron chi connectivity index (χ4n) is 1.60. The molecule has 0 radical (unpaired) electrons. The Kier molecular flexibility index (Phi) is 4.57. The maximum atomic E-state index is 12.2. The number of nitro benzene ring substituents is 1. The van der Waals surface area contributed by atoms with Crippen molar-refractivity contribution < 1.29 is 19.6 Å². The molecule has 7 heteroatoms. The zero-order valence-corrected chi connectivity index (χ0v) is 10.6. The summed E-state index contributed by atoms with van der Waals surface area (Å²) >= 11 is 0. The van der Waals surface area contributed by atoms with Crippen molar-refractivity contribution in [3.05, 3.63) is 39.9 Å². The van der Waals surface area contributed by atoms with E-state index in [1.54, 1.807) is 13.8 Å². The van der Waals surface area contributed by atoms with Crippen molar-refractivity contribution in [1.29, 1.82) is 0 Å². The summed E-state index contributed by atoms with van der Waals surface area (Å²) in [7, 11) is 0. The Bertz CT molecular complexity index is 513. The number of nitrogens with zero attached hydrogens (tertiary/aromatic N) is 2. The van der Waals surface area contributed by atoms with Crippen LogP contribution >= 0.6 is 0 Å². The van der Waals surface area contributed by atoms with Gasteiger partial charge in [0.05, 0.1) is 4.92 Å². The molecule has 0 aromatic heterocycles. The van der Waals surface area contributed by atoms with Crippen LogP contribution in [0.1, 0.15) is 24.2 Å². The summed E-state index contributed by atoms with van der Waals surface area (Å²) in [6.07, 6.45) is 0. The highest BCUT2D eigenvalue weighted by Gasteiger charge is 2.27. The first-order valence-corrected chi connectivity index (χ1v) is 5.60. The average Bonchev–Trinajstić information content (AvgIpc) is 2.34. The molecule has 7 nitrogen and oxygen atoms in total. The van der Waals surface area contributed by atoms with Gasteiger partial charge in [-0.2, -0.15) is 0 Å². The molecule has 0 saturated heterocycles. The third kappa shape index (κ3) is 3.51. The van der Waals surface area contributed by atoms with Gasteiger partial charge in [0.2, 0.25) is 0 Å². The largest absolute Gasteiger partial charge is 0.480 e. The molecule has 0 aliphatic rings. The number of nitro groups is 1. The molecule has 0 heterocycles. The Hall–Kier alpha value is -2.44. The van der Waals surface area contributed by atoms with Crippen molar-refractivity contribution in [2.75, 3.05) is 6.54 Å². The maximum absolute atomic E-state index is 12.2. The number of aliphatic carboxylic acids is 1. The predicted molar refractivity (Wildman–Crippen MR) is 66.9 cm³/mol. The molecule has 0 atom stereocenters. The number of rotatable bonds is 5. The van der Waals surface area contributed by atoms with Crippen LogP contribution in [0.25, 0.3) is 0 Å². The van der Waals surface area contributed by atoms with Gasteiger partial charge in [0.25, 0.3) is 11.6 Å². The smallest absolute Gasteiger partial charge is 0.323 e. The zero-order chi connectivity index (χ0) is 14.6. The molecule has 0 saturated carbocycles. The Morgan fingerprint density at radius 3 is 2.42 bits per heavy atom. The lowest BCUT2D eigenvalue weighted by molar-refractivity contribution is -0.385. The van der Waals surface area contributed by atoms with Crippen molar-refractivity contribution in [2.24, 2.45) is 0 Å². The second kappa shape index (κ2) is 5.94. The Labute approximate surface area is 109 Å². The van der Waals surface area contributed by atoms with Gasteiger partial charge in [-0.3, -0.25) is 19.7 Å². The van der Waals surface area contributed by atoms with E-state index in [0.717, 1.165) is 4.90 Å². The summed E-state index contributed by atoms with van der Waals surface area (Å²) in [5.41, 5.74) is -0.439. The van der Waals surface area contributed by atoms with Crippen LogP contribution in [0, 0.1) is 10.1 Å². The minimum Gasteiger partial charge on any atom is -0.480 e. The number of carbonyl (C=O) groups excluding carboxylic acids is 1. The number of carbonyl (C=O) groups is 2. The molecule has 0 bridgehead atoms. The van der Waals surface area contributed by atoms with E-state index >= 15 is 0 Å². The van der Waals surface area contributed by atoms with Crippen molar-refractivity contribution >= 4 is 17.6 Å². The second-order valence-electron chi connectivity index (χ2n) is 4.19. The van der Waals surface area contributed by atoms with E-state index < -0.39 is 23.3 Å². The number of carboxylic acid groups (broad SMARTS) is 1. The maximum Gasteiger partial charge on any atom is 0.323 e. The number of amides is 1. The topological polar surface area (TPSA) is 101 Å². The van der Waals surface area contributed by atoms with Gasteiger partial charge >= 0.3 is 5.97 Å². The fourth-order valence-corrected chi connectivity index (χ4v) is 1.60. The van der Waals surface area contributed by atoms with Crippen molar-refractivity contribution in [1.82, 2.24) is 4.90 Å². The van der Waals surface area contributed by atoms with E-state index in [9.17, 15) is 19.7 Å². The van der Waals surface area contributed by atoms with Gasteiger partial charge in [-0.25, -0.2) is 0 Å². The molecule has 0 spiro atoms. The molecule has 19 heavy (non-hydrogen) atoms. The van der Waals surface area contributed by atoms with E-state index in [2.05, 4.69) is 0 Å². The summed E-state index contributed by atoms with van der Waals surface area (Å²) in [5, 5.41) is 19.6. The first kappa shape index (κ1) is 14.6. The molecule has 1 aromatic rings. The van der Waals surface area contributed by atoms with Crippen LogP contribution in [0.5, 0.6) is 0 Å². The lowest BCUT2D eigenvalue weighted by atomic mass is 10.1. The number of para-hydroxylation sites is 1. The molecule has 0 unspecified atom stereocenters. The summed E-state index contributed by atoms with van der Waals surface area (Å²) in [4.78, 5) is 34.2. The van der Waals surface area contributed by atoms with Crippen molar-refractivity contribution in [3.8, 4) is 0 Å². The Morgan fingerprint density at radius 2 is 1.95 bits per heavy atom. The van der Waals surface area contributed by atoms with Crippen molar-refractivity contribution in [3.63, 3.8) is 0 Å². The number of benzene rings is 1. The van der Waals surface area contributed by atoms with E-state index in [1.165, 1.54) is 24.3 Å². The van der Waals surface area contributed by atoms with Gasteiger partial charge in [-0.15, -0.1) is 0 Å². The monoisotopic (exact) mass is 266 g/mol. The molecule has 1 N–H and O–H groups in total. The van der Waals surface area contributed by atoms with Crippen LogP contribution < -0.4 is 0 Å². The first-order valence-electron chi connectivity index (χ1n) is 5.60. The van der Waals surface area contributed by atoms with Crippen LogP contribution in [0.4, 0.5) is 5.69 Å². The first-order chi connectivity index (χ1) is 8.84. The lowest BCUT2D eigenvalue weighted by Gasteiger charge is -2.24. The van der Waals surface area contributed by atoms with E-state index in [0.29, 0.717) is 0 Å². The van der Waals surface area contributed by atoms with Crippen LogP contribution in [0.3, 0.4) is 0 Å². The summed E-state index contributed by atoms with van der Waals surface area (Å²) < 4.78 is 0. The lowest BCUT2D eigenvalue weighted by Crippen LogP contribution is -2.40. The number of hydrogen-bond donors (Lipinski definition) is 1. The minimum atomic E-state index is -1.17. The normalized spacial score (nSPS) is 10.3. The summed E-state index contributed by atoms with van der Waals surface area (Å²) in [6, 6.07) is 5.11. The second-order valence-corrected chi connectivity index (χ2v) is 4.19. The third-order valence-corrected chi connectivity index (χ3v) is 2.52. The molecule has 102 valence electrons. The molecular weight excluding hydrogens is 252 g/mol. The van der Waals surface area contributed by atoms with Gasteiger partial charge in [0.1, 0.15) is 12.1 Å². The van der Waals surface area contributed by atoms with Crippen molar-refractivity contribution in [2.45, 2.75) is 19.9 Å². The zero-order valence-electron chi connectivity index (χ0n) is 10.6. The average molecular weight is 266 g/mol. The highest BCUT2D eigenvalue weighted by atomic mass is 16.6. The molecule has 1 aromatic carbocycles. The standard InChI is InChI=1S/C12H14N2O5/c1-8(2)13(7-11(15)16)12(17)9-5-3-4-6-10(9)14(18)19/h3-6,8H,7H2,1-2H3,(H,15,16). The van der Waals surface area contributed by atoms with Gasteiger partial charge in [0.15, 0.2) is 0 Å². The quantitative estimate of drug-likeness (QED) is 0.643. The molecular formula is C12H14N2O5. The predicted octanol–water partition coefficient (Wildman–Crippen LogP) is 1.53. The SMILES string of the molecule is CC(C)N(CC(=O)O)C(=O)c1ccccc1[N+](=O)[O-]. The van der Waals surface area contributed by atoms with Crippen LogP contribution in [0.2, 0.25) is 0 Å². The van der Waals surface area contributed by atoms with Crippen LogP contribution in [-0.4, -0.2) is 39.4 Å². The number of hydrogen-bond acceptors (Lipinski definition) is 4. The Morgan fingerprint density at radius 1 is 1.37 bits per heavy atom. The van der Waals surface area contributed by atoms with Crippen LogP contribution in [0.15, 0.2) is 24.3 Å². The molecule has 0 fully saturated rings. The minimum absolute atomic E-state index is 0.109. The van der Waals surface area contributed by atoms with E-state index in [4.69, 9.17) is 5.11 Å². The van der Waals surface area contributed by atoms with Gasteiger partial charge in [0, 0.05) is 12.1 Å². The molecule has 1 rings (SSSR count). The van der Waals surface area contributed by atoms with Gasteiger partial charge in [-0.1, -0.05) is 12.1 Å². The molecule has 1 amide bonds. The highest BCUT2D eigenvalue weighted by Crippen LogP contribution is 2.20. The third-order valence-electron chi connectivity index (χ3n) is 2.52.